The van der Waals surface area contributed by atoms with Gasteiger partial charge in [0.1, 0.15) is 12.3 Å². The molecule has 6 nitrogen and oxygen atoms in total. The summed E-state index contributed by atoms with van der Waals surface area (Å²) in [5, 5.41) is 2.84. The van der Waals surface area contributed by atoms with Gasteiger partial charge in [-0.1, -0.05) is 6.07 Å². The minimum absolute atomic E-state index is 0.00493. The Morgan fingerprint density at radius 2 is 2.32 bits per heavy atom. The van der Waals surface area contributed by atoms with Crippen LogP contribution in [0.4, 0.5) is 5.69 Å². The Hall–Kier alpha value is -2.08. The maximum Gasteiger partial charge on any atom is 0.265 e. The third-order valence-corrected chi connectivity index (χ3v) is 3.91. The van der Waals surface area contributed by atoms with Crippen molar-refractivity contribution in [3.8, 4) is 5.75 Å². The molecule has 0 spiro atoms. The van der Waals surface area contributed by atoms with Gasteiger partial charge in [0, 0.05) is 13.2 Å². The van der Waals surface area contributed by atoms with Gasteiger partial charge in [-0.15, -0.1) is 0 Å². The molecule has 3 rings (SSSR count). The van der Waals surface area contributed by atoms with Gasteiger partial charge in [-0.2, -0.15) is 0 Å². The van der Waals surface area contributed by atoms with Crippen LogP contribution in [0.15, 0.2) is 18.2 Å². The summed E-state index contributed by atoms with van der Waals surface area (Å²) in [7, 11) is 0. The smallest absolute Gasteiger partial charge is 0.265 e. The Morgan fingerprint density at radius 3 is 3.09 bits per heavy atom. The van der Waals surface area contributed by atoms with Crippen LogP contribution in [0.2, 0.25) is 0 Å². The van der Waals surface area contributed by atoms with E-state index >= 15 is 0 Å². The van der Waals surface area contributed by atoms with Crippen molar-refractivity contribution in [3.63, 3.8) is 0 Å². The second-order valence-corrected chi connectivity index (χ2v) is 5.68. The van der Waals surface area contributed by atoms with Gasteiger partial charge in [-0.3, -0.25) is 14.5 Å². The highest BCUT2D eigenvalue weighted by molar-refractivity contribution is 6.02. The van der Waals surface area contributed by atoms with Crippen molar-refractivity contribution >= 4 is 17.5 Å². The molecule has 0 radical (unpaired) electrons. The minimum atomic E-state index is -0.205. The summed E-state index contributed by atoms with van der Waals surface area (Å²) in [4.78, 5) is 25.6. The molecule has 1 saturated heterocycles. The number of ether oxygens (including phenoxy) is 2. The van der Waals surface area contributed by atoms with E-state index in [1.165, 1.54) is 4.90 Å². The van der Waals surface area contributed by atoms with E-state index in [9.17, 15) is 9.59 Å². The molecule has 1 aromatic rings. The number of hydrogen-bond donors (Lipinski definition) is 1. The summed E-state index contributed by atoms with van der Waals surface area (Å²) in [5.41, 5.74) is 1.70. The Balaban J connectivity index is 1.63. The van der Waals surface area contributed by atoms with Crippen LogP contribution >= 0.6 is 0 Å². The lowest BCUT2D eigenvalue weighted by molar-refractivity contribution is -0.125. The average molecular weight is 304 g/mol. The van der Waals surface area contributed by atoms with E-state index in [0.29, 0.717) is 18.0 Å². The van der Waals surface area contributed by atoms with Crippen molar-refractivity contribution in [3.05, 3.63) is 23.8 Å². The maximum atomic E-state index is 12.1. The van der Waals surface area contributed by atoms with Crippen LogP contribution in [0.3, 0.4) is 0 Å². The van der Waals surface area contributed by atoms with Crippen LogP contribution in [0.5, 0.6) is 5.75 Å². The molecule has 0 aromatic heterocycles. The van der Waals surface area contributed by atoms with Crippen LogP contribution in [0, 0.1) is 6.92 Å². The largest absolute Gasteiger partial charge is 0.482 e. The molecule has 0 saturated carbocycles. The van der Waals surface area contributed by atoms with Crippen molar-refractivity contribution in [2.75, 3.05) is 31.2 Å². The van der Waals surface area contributed by atoms with Crippen molar-refractivity contribution in [2.24, 2.45) is 0 Å². The first-order valence-electron chi connectivity index (χ1n) is 7.55. The molecule has 0 unspecified atom stereocenters. The SMILES string of the molecule is Cc1ccc2c(c1)OCC(=O)N2CC(=O)NC[C@@H]1CCCO1. The fourth-order valence-electron chi connectivity index (χ4n) is 2.72. The first-order valence-corrected chi connectivity index (χ1v) is 7.55. The van der Waals surface area contributed by atoms with Gasteiger partial charge in [0.2, 0.25) is 5.91 Å². The molecule has 2 heterocycles. The highest BCUT2D eigenvalue weighted by Gasteiger charge is 2.27. The third-order valence-electron chi connectivity index (χ3n) is 3.91. The number of amides is 2. The monoisotopic (exact) mass is 304 g/mol. The predicted molar refractivity (Wildman–Crippen MR) is 81.0 cm³/mol. The van der Waals surface area contributed by atoms with E-state index in [-0.39, 0.29) is 31.1 Å². The number of nitrogens with one attached hydrogen (secondary N) is 1. The zero-order chi connectivity index (χ0) is 15.5. The van der Waals surface area contributed by atoms with Gasteiger partial charge in [0.15, 0.2) is 6.61 Å². The first kappa shape index (κ1) is 14.8. The molecular formula is C16H20N2O4. The molecule has 2 amide bonds. The van der Waals surface area contributed by atoms with Crippen molar-refractivity contribution in [1.82, 2.24) is 5.32 Å². The molecule has 118 valence electrons. The molecular weight excluding hydrogens is 284 g/mol. The standard InChI is InChI=1S/C16H20N2O4/c1-11-4-5-13-14(7-11)22-10-16(20)18(13)9-15(19)17-8-12-3-2-6-21-12/h4-5,7,12H,2-3,6,8-10H2,1H3,(H,17,19)/t12-/m0/s1. The predicted octanol–water partition coefficient (Wildman–Crippen LogP) is 1.02. The number of anilines is 1. The summed E-state index contributed by atoms with van der Waals surface area (Å²) < 4.78 is 10.9. The lowest BCUT2D eigenvalue weighted by atomic mass is 10.1. The molecule has 1 fully saturated rings. The van der Waals surface area contributed by atoms with Crippen LogP contribution in [0.25, 0.3) is 0 Å². The number of benzene rings is 1. The fourth-order valence-corrected chi connectivity index (χ4v) is 2.72. The zero-order valence-electron chi connectivity index (χ0n) is 12.6. The number of carbonyl (C=O) groups is 2. The molecule has 2 aliphatic rings. The third kappa shape index (κ3) is 3.22. The number of nitrogens with zero attached hydrogens (tertiary/aromatic N) is 1. The van der Waals surface area contributed by atoms with Gasteiger partial charge in [0.25, 0.3) is 5.91 Å². The molecule has 1 N–H and O–H groups in total. The Kier molecular flexibility index (Phi) is 4.29. The van der Waals surface area contributed by atoms with Crippen LogP contribution in [0.1, 0.15) is 18.4 Å². The number of rotatable bonds is 4. The Labute approximate surface area is 129 Å². The van der Waals surface area contributed by atoms with Crippen molar-refractivity contribution in [2.45, 2.75) is 25.9 Å². The van der Waals surface area contributed by atoms with Crippen LogP contribution in [-0.2, 0) is 14.3 Å². The number of carbonyl (C=O) groups excluding carboxylic acids is 2. The van der Waals surface area contributed by atoms with Gasteiger partial charge in [-0.25, -0.2) is 0 Å². The molecule has 0 aliphatic carbocycles. The molecule has 1 aromatic carbocycles. The molecule has 1 atom stereocenters. The number of aryl methyl sites for hydroxylation is 1. The van der Waals surface area contributed by atoms with Crippen LogP contribution < -0.4 is 15.0 Å². The molecule has 6 heteroatoms. The van der Waals surface area contributed by atoms with E-state index in [1.54, 1.807) is 0 Å². The van der Waals surface area contributed by atoms with E-state index < -0.39 is 0 Å². The van der Waals surface area contributed by atoms with E-state index in [2.05, 4.69) is 5.32 Å². The van der Waals surface area contributed by atoms with Gasteiger partial charge in [0.05, 0.1) is 11.8 Å². The van der Waals surface area contributed by atoms with Crippen LogP contribution in [-0.4, -0.2) is 44.2 Å². The van der Waals surface area contributed by atoms with Crippen molar-refractivity contribution < 1.29 is 19.1 Å². The van der Waals surface area contributed by atoms with Crippen molar-refractivity contribution in [1.29, 1.82) is 0 Å². The molecule has 2 aliphatic heterocycles. The molecule has 0 bridgehead atoms. The number of fused-ring (bicyclic) bond motifs is 1. The fraction of sp³-hybridized carbons (Fsp3) is 0.500. The quantitative estimate of drug-likeness (QED) is 0.901. The number of hydrogen-bond acceptors (Lipinski definition) is 4. The summed E-state index contributed by atoms with van der Waals surface area (Å²) in [6, 6.07) is 5.59. The molecule has 22 heavy (non-hydrogen) atoms. The topological polar surface area (TPSA) is 67.9 Å². The van der Waals surface area contributed by atoms with E-state index in [4.69, 9.17) is 9.47 Å². The van der Waals surface area contributed by atoms with Gasteiger partial charge < -0.3 is 14.8 Å². The van der Waals surface area contributed by atoms with Gasteiger partial charge >= 0.3 is 0 Å². The highest BCUT2D eigenvalue weighted by atomic mass is 16.5. The lowest BCUT2D eigenvalue weighted by Gasteiger charge is -2.29. The lowest BCUT2D eigenvalue weighted by Crippen LogP contribution is -2.46. The normalized spacial score (nSPS) is 20.5. The van der Waals surface area contributed by atoms with E-state index in [1.807, 2.05) is 25.1 Å². The summed E-state index contributed by atoms with van der Waals surface area (Å²) in [5.74, 6) is 0.257. The van der Waals surface area contributed by atoms with E-state index in [0.717, 1.165) is 25.0 Å². The summed E-state index contributed by atoms with van der Waals surface area (Å²) >= 11 is 0. The van der Waals surface area contributed by atoms with Gasteiger partial charge in [-0.05, 0) is 37.5 Å². The second-order valence-electron chi connectivity index (χ2n) is 5.68. The Morgan fingerprint density at radius 1 is 1.45 bits per heavy atom. The summed E-state index contributed by atoms with van der Waals surface area (Å²) in [6.45, 7) is 3.19. The first-order chi connectivity index (χ1) is 10.6. The zero-order valence-corrected chi connectivity index (χ0v) is 12.6. The average Bonchev–Trinajstić information content (AvgIpc) is 3.01. The second kappa shape index (κ2) is 6.36. The maximum absolute atomic E-state index is 12.1. The minimum Gasteiger partial charge on any atom is -0.482 e. The Bertz CT molecular complexity index is 582. The highest BCUT2D eigenvalue weighted by Crippen LogP contribution is 2.32. The summed E-state index contributed by atoms with van der Waals surface area (Å²) in [6.07, 6.45) is 2.10.